The fourth-order valence-electron chi connectivity index (χ4n) is 4.06. The van der Waals surface area contributed by atoms with Crippen molar-refractivity contribution >= 4 is 34.1 Å². The molecule has 116 valence electrons. The number of piperidine rings is 1. The highest BCUT2D eigenvalue weighted by atomic mass is 35.5. The minimum Gasteiger partial charge on any atom is -0.371 e. The first-order valence-corrected chi connectivity index (χ1v) is 8.25. The molecule has 2 aliphatic heterocycles. The number of halogens is 1. The van der Waals surface area contributed by atoms with E-state index < -0.39 is 0 Å². The van der Waals surface area contributed by atoms with Crippen molar-refractivity contribution in [3.63, 3.8) is 0 Å². The van der Waals surface area contributed by atoms with Gasteiger partial charge in [-0.2, -0.15) is 0 Å². The zero-order valence-electron chi connectivity index (χ0n) is 12.7. The van der Waals surface area contributed by atoms with E-state index in [0.717, 1.165) is 42.9 Å². The molecule has 2 saturated heterocycles. The average Bonchev–Trinajstić information content (AvgIpc) is 3.08. The van der Waals surface area contributed by atoms with Crippen molar-refractivity contribution in [1.29, 1.82) is 0 Å². The third-order valence-electron chi connectivity index (χ3n) is 5.54. The largest absolute Gasteiger partial charge is 0.371 e. The van der Waals surface area contributed by atoms with Crippen molar-refractivity contribution in [3.8, 4) is 0 Å². The van der Waals surface area contributed by atoms with E-state index in [1.54, 1.807) is 0 Å². The van der Waals surface area contributed by atoms with Gasteiger partial charge in [0.25, 0.3) is 0 Å². The SMILES string of the molecule is CN1C(=O)CCC12CCN(c1cc(Cl)cc3[nH]ccc13)CC2. The molecular formula is C17H20ClN3O. The van der Waals surface area contributed by atoms with Gasteiger partial charge in [0, 0.05) is 59.9 Å². The van der Waals surface area contributed by atoms with E-state index >= 15 is 0 Å². The molecule has 3 heterocycles. The van der Waals surface area contributed by atoms with Gasteiger partial charge in [-0.05, 0) is 37.5 Å². The van der Waals surface area contributed by atoms with Gasteiger partial charge in [-0.1, -0.05) is 11.6 Å². The molecule has 1 aromatic carbocycles. The molecule has 1 spiro atoms. The average molecular weight is 318 g/mol. The highest BCUT2D eigenvalue weighted by Gasteiger charge is 2.44. The second-order valence-corrected chi connectivity index (χ2v) is 6.96. The fourth-order valence-corrected chi connectivity index (χ4v) is 4.28. The summed E-state index contributed by atoms with van der Waals surface area (Å²) in [5, 5.41) is 1.98. The Morgan fingerprint density at radius 3 is 2.68 bits per heavy atom. The number of benzene rings is 1. The summed E-state index contributed by atoms with van der Waals surface area (Å²) in [6.45, 7) is 1.94. The lowest BCUT2D eigenvalue weighted by Gasteiger charge is -2.44. The van der Waals surface area contributed by atoms with Crippen molar-refractivity contribution in [2.24, 2.45) is 0 Å². The molecule has 4 nitrogen and oxygen atoms in total. The van der Waals surface area contributed by atoms with Crippen LogP contribution in [0.2, 0.25) is 5.02 Å². The summed E-state index contributed by atoms with van der Waals surface area (Å²) < 4.78 is 0. The lowest BCUT2D eigenvalue weighted by molar-refractivity contribution is -0.130. The number of aromatic amines is 1. The Bertz CT molecular complexity index is 731. The summed E-state index contributed by atoms with van der Waals surface area (Å²) in [7, 11) is 1.97. The third-order valence-corrected chi connectivity index (χ3v) is 5.75. The van der Waals surface area contributed by atoms with Gasteiger partial charge in [0.15, 0.2) is 0 Å². The lowest BCUT2D eigenvalue weighted by Crippen LogP contribution is -2.51. The Hall–Kier alpha value is -1.68. The minimum atomic E-state index is 0.0867. The van der Waals surface area contributed by atoms with Crippen molar-refractivity contribution in [2.45, 2.75) is 31.2 Å². The normalized spacial score (nSPS) is 21.3. The molecule has 1 amide bonds. The van der Waals surface area contributed by atoms with Gasteiger partial charge in [0.1, 0.15) is 0 Å². The summed E-state index contributed by atoms with van der Waals surface area (Å²) >= 11 is 6.26. The van der Waals surface area contributed by atoms with Gasteiger partial charge in [0.2, 0.25) is 5.91 Å². The van der Waals surface area contributed by atoms with Crippen LogP contribution < -0.4 is 4.90 Å². The number of aromatic nitrogens is 1. The predicted octanol–water partition coefficient (Wildman–Crippen LogP) is 3.41. The number of H-pyrrole nitrogens is 1. The maximum atomic E-state index is 11.9. The first-order chi connectivity index (χ1) is 10.6. The van der Waals surface area contributed by atoms with Crippen LogP contribution in [-0.2, 0) is 4.79 Å². The second-order valence-electron chi connectivity index (χ2n) is 6.53. The number of nitrogens with one attached hydrogen (secondary N) is 1. The van der Waals surface area contributed by atoms with Gasteiger partial charge in [-0.25, -0.2) is 0 Å². The van der Waals surface area contributed by atoms with Gasteiger partial charge in [-0.3, -0.25) is 4.79 Å². The fraction of sp³-hybridized carbons (Fsp3) is 0.471. The predicted molar refractivity (Wildman–Crippen MR) is 89.5 cm³/mol. The van der Waals surface area contributed by atoms with Crippen LogP contribution in [0, 0.1) is 0 Å². The van der Waals surface area contributed by atoms with Crippen LogP contribution >= 0.6 is 11.6 Å². The van der Waals surface area contributed by atoms with E-state index in [2.05, 4.69) is 22.0 Å². The number of fused-ring (bicyclic) bond motifs is 1. The molecule has 2 fully saturated rings. The van der Waals surface area contributed by atoms with Crippen LogP contribution in [0.15, 0.2) is 24.4 Å². The molecule has 0 aliphatic carbocycles. The van der Waals surface area contributed by atoms with Crippen LogP contribution in [0.1, 0.15) is 25.7 Å². The topological polar surface area (TPSA) is 39.3 Å². The van der Waals surface area contributed by atoms with Crippen LogP contribution in [-0.4, -0.2) is 41.5 Å². The number of carbonyl (C=O) groups excluding carboxylic acids is 1. The molecule has 0 bridgehead atoms. The van der Waals surface area contributed by atoms with Crippen LogP contribution in [0.25, 0.3) is 10.9 Å². The Morgan fingerprint density at radius 2 is 2.00 bits per heavy atom. The molecule has 2 aliphatic rings. The highest BCUT2D eigenvalue weighted by Crippen LogP contribution is 2.40. The van der Waals surface area contributed by atoms with Crippen LogP contribution in [0.4, 0.5) is 5.69 Å². The summed E-state index contributed by atoms with van der Waals surface area (Å²) in [5.41, 5.74) is 2.37. The molecular weight excluding hydrogens is 298 g/mol. The quantitative estimate of drug-likeness (QED) is 0.875. The van der Waals surface area contributed by atoms with E-state index in [4.69, 9.17) is 11.6 Å². The molecule has 4 rings (SSSR count). The molecule has 0 atom stereocenters. The van der Waals surface area contributed by atoms with Crippen molar-refractivity contribution < 1.29 is 4.79 Å². The number of hydrogen-bond donors (Lipinski definition) is 1. The third kappa shape index (κ3) is 2.01. The van der Waals surface area contributed by atoms with Crippen molar-refractivity contribution in [1.82, 2.24) is 9.88 Å². The zero-order valence-corrected chi connectivity index (χ0v) is 13.5. The first kappa shape index (κ1) is 13.9. The van der Waals surface area contributed by atoms with Gasteiger partial charge >= 0.3 is 0 Å². The monoisotopic (exact) mass is 317 g/mol. The molecule has 0 radical (unpaired) electrons. The van der Waals surface area contributed by atoms with Crippen LogP contribution in [0.5, 0.6) is 0 Å². The summed E-state index contributed by atoms with van der Waals surface area (Å²) in [5.74, 6) is 0.296. The number of rotatable bonds is 1. The standard InChI is InChI=1S/C17H20ClN3O/c1-20-16(22)2-4-17(20)5-8-21(9-6-17)15-11-12(18)10-14-13(15)3-7-19-14/h3,7,10-11,19H,2,4-6,8-9H2,1H3. The van der Waals surface area contributed by atoms with Gasteiger partial charge < -0.3 is 14.8 Å². The van der Waals surface area contributed by atoms with E-state index in [0.29, 0.717) is 12.3 Å². The van der Waals surface area contributed by atoms with Gasteiger partial charge in [0.05, 0.1) is 0 Å². The Morgan fingerprint density at radius 1 is 1.23 bits per heavy atom. The summed E-state index contributed by atoms with van der Waals surface area (Å²) in [6, 6.07) is 6.13. The molecule has 0 unspecified atom stereocenters. The smallest absolute Gasteiger partial charge is 0.222 e. The maximum Gasteiger partial charge on any atom is 0.222 e. The zero-order chi connectivity index (χ0) is 15.3. The Balaban J connectivity index is 1.61. The highest BCUT2D eigenvalue weighted by molar-refractivity contribution is 6.31. The number of nitrogens with zero attached hydrogens (tertiary/aromatic N) is 2. The Kier molecular flexibility index (Phi) is 3.12. The first-order valence-electron chi connectivity index (χ1n) is 7.87. The van der Waals surface area contributed by atoms with Gasteiger partial charge in [-0.15, -0.1) is 0 Å². The maximum absolute atomic E-state index is 11.9. The van der Waals surface area contributed by atoms with Crippen molar-refractivity contribution in [3.05, 3.63) is 29.4 Å². The molecule has 1 aromatic heterocycles. The molecule has 1 N–H and O–H groups in total. The van der Waals surface area contributed by atoms with E-state index in [9.17, 15) is 4.79 Å². The summed E-state index contributed by atoms with van der Waals surface area (Å²) in [4.78, 5) is 19.5. The minimum absolute atomic E-state index is 0.0867. The number of anilines is 1. The molecule has 22 heavy (non-hydrogen) atoms. The lowest BCUT2D eigenvalue weighted by atomic mass is 9.85. The molecule has 5 heteroatoms. The second kappa shape index (κ2) is 4.92. The number of hydrogen-bond acceptors (Lipinski definition) is 2. The van der Waals surface area contributed by atoms with E-state index in [1.165, 1.54) is 11.1 Å². The van der Waals surface area contributed by atoms with E-state index in [1.807, 2.05) is 24.2 Å². The number of carbonyl (C=O) groups is 1. The number of likely N-dealkylation sites (tertiary alicyclic amines) is 1. The summed E-state index contributed by atoms with van der Waals surface area (Å²) in [6.07, 6.45) is 5.74. The number of amides is 1. The van der Waals surface area contributed by atoms with E-state index in [-0.39, 0.29) is 5.54 Å². The van der Waals surface area contributed by atoms with Crippen molar-refractivity contribution in [2.75, 3.05) is 25.0 Å². The van der Waals surface area contributed by atoms with Crippen LogP contribution in [0.3, 0.4) is 0 Å². The molecule has 0 saturated carbocycles. The molecule has 2 aromatic rings. The Labute approximate surface area is 135 Å².